The van der Waals surface area contributed by atoms with Crippen LogP contribution in [0.4, 0.5) is 0 Å². The minimum Gasteiger partial charge on any atom is -0.441 e. The van der Waals surface area contributed by atoms with Crippen LogP contribution in [0.15, 0.2) is 51.4 Å². The Hall–Kier alpha value is -3.19. The Balaban J connectivity index is 1.40. The first-order valence-electron chi connectivity index (χ1n) is 8.84. The second-order valence-corrected chi connectivity index (χ2v) is 6.67. The molecule has 0 saturated carbocycles. The lowest BCUT2D eigenvalue weighted by atomic mass is 10.1. The SMILES string of the molecule is CCc1nc2cc(-c3noc(CNC(=O)Cc4ccc(Cl)cc4)n3)ccc2o1. The van der Waals surface area contributed by atoms with E-state index in [0.29, 0.717) is 22.6 Å². The largest absolute Gasteiger partial charge is 0.441 e. The second kappa shape index (κ2) is 7.82. The van der Waals surface area contributed by atoms with Crippen molar-refractivity contribution in [3.8, 4) is 11.4 Å². The number of benzene rings is 2. The highest BCUT2D eigenvalue weighted by atomic mass is 35.5. The van der Waals surface area contributed by atoms with Crippen molar-refractivity contribution in [2.45, 2.75) is 26.3 Å². The van der Waals surface area contributed by atoms with E-state index >= 15 is 0 Å². The van der Waals surface area contributed by atoms with Crippen molar-refractivity contribution in [1.29, 1.82) is 0 Å². The molecule has 0 unspecified atom stereocenters. The van der Waals surface area contributed by atoms with E-state index in [2.05, 4.69) is 20.4 Å². The predicted molar refractivity (Wildman–Crippen MR) is 104 cm³/mol. The van der Waals surface area contributed by atoms with Crippen molar-refractivity contribution >= 4 is 28.6 Å². The molecule has 0 aliphatic rings. The van der Waals surface area contributed by atoms with Crippen molar-refractivity contribution in [2.24, 2.45) is 0 Å². The van der Waals surface area contributed by atoms with Crippen LogP contribution in [0.25, 0.3) is 22.5 Å². The van der Waals surface area contributed by atoms with Crippen LogP contribution in [0.2, 0.25) is 5.02 Å². The zero-order valence-electron chi connectivity index (χ0n) is 15.1. The van der Waals surface area contributed by atoms with Crippen LogP contribution in [-0.4, -0.2) is 21.0 Å². The van der Waals surface area contributed by atoms with Gasteiger partial charge in [-0.25, -0.2) is 4.98 Å². The molecule has 2 heterocycles. The minimum atomic E-state index is -0.141. The molecular weight excluding hydrogens is 380 g/mol. The molecule has 0 saturated heterocycles. The van der Waals surface area contributed by atoms with Crippen LogP contribution >= 0.6 is 11.6 Å². The first-order valence-corrected chi connectivity index (χ1v) is 9.22. The Labute approximate surface area is 165 Å². The van der Waals surface area contributed by atoms with Gasteiger partial charge in [0.2, 0.25) is 17.6 Å². The molecule has 28 heavy (non-hydrogen) atoms. The molecule has 7 nitrogen and oxygen atoms in total. The van der Waals surface area contributed by atoms with E-state index in [1.165, 1.54) is 0 Å². The monoisotopic (exact) mass is 396 g/mol. The summed E-state index contributed by atoms with van der Waals surface area (Å²) >= 11 is 5.85. The predicted octanol–water partition coefficient (Wildman–Crippen LogP) is 3.95. The minimum absolute atomic E-state index is 0.141. The summed E-state index contributed by atoms with van der Waals surface area (Å²) in [5.41, 5.74) is 3.11. The van der Waals surface area contributed by atoms with Crippen molar-refractivity contribution in [2.75, 3.05) is 0 Å². The van der Waals surface area contributed by atoms with Crippen molar-refractivity contribution in [3.05, 3.63) is 64.8 Å². The number of carbonyl (C=O) groups is 1. The van der Waals surface area contributed by atoms with Gasteiger partial charge in [0.1, 0.15) is 5.52 Å². The first-order chi connectivity index (χ1) is 13.6. The first kappa shape index (κ1) is 18.2. The molecule has 2 aromatic carbocycles. The number of halogens is 1. The van der Waals surface area contributed by atoms with E-state index in [1.807, 2.05) is 37.3 Å². The molecule has 0 bridgehead atoms. The van der Waals surface area contributed by atoms with Gasteiger partial charge in [-0.3, -0.25) is 4.79 Å². The quantitative estimate of drug-likeness (QED) is 0.530. The Bertz CT molecular complexity index is 1120. The molecule has 2 aromatic heterocycles. The maximum atomic E-state index is 12.1. The number of nitrogens with one attached hydrogen (secondary N) is 1. The van der Waals surface area contributed by atoms with Gasteiger partial charge in [-0.05, 0) is 35.9 Å². The molecule has 0 aliphatic carbocycles. The van der Waals surface area contributed by atoms with Crippen LogP contribution in [0.5, 0.6) is 0 Å². The normalized spacial score (nSPS) is 11.1. The fraction of sp³-hybridized carbons (Fsp3) is 0.200. The third-order valence-corrected chi connectivity index (χ3v) is 4.43. The Morgan fingerprint density at radius 1 is 1.11 bits per heavy atom. The van der Waals surface area contributed by atoms with E-state index in [0.717, 1.165) is 28.6 Å². The molecule has 0 spiro atoms. The summed E-state index contributed by atoms with van der Waals surface area (Å²) in [5, 5.41) is 7.39. The van der Waals surface area contributed by atoms with Crippen LogP contribution in [0.3, 0.4) is 0 Å². The molecule has 8 heteroatoms. The molecule has 0 radical (unpaired) electrons. The fourth-order valence-corrected chi connectivity index (χ4v) is 2.86. The summed E-state index contributed by atoms with van der Waals surface area (Å²) in [6, 6.07) is 12.7. The van der Waals surface area contributed by atoms with Gasteiger partial charge < -0.3 is 14.3 Å². The van der Waals surface area contributed by atoms with Gasteiger partial charge in [0.15, 0.2) is 11.5 Å². The zero-order valence-corrected chi connectivity index (χ0v) is 15.9. The van der Waals surface area contributed by atoms with Crippen LogP contribution in [0.1, 0.15) is 24.3 Å². The molecule has 1 N–H and O–H groups in total. The Morgan fingerprint density at radius 3 is 2.71 bits per heavy atom. The molecule has 1 amide bonds. The number of rotatable bonds is 6. The lowest BCUT2D eigenvalue weighted by molar-refractivity contribution is -0.120. The molecule has 0 atom stereocenters. The number of hydrogen-bond acceptors (Lipinski definition) is 6. The fourth-order valence-electron chi connectivity index (χ4n) is 2.73. The third kappa shape index (κ3) is 4.04. The van der Waals surface area contributed by atoms with Gasteiger partial charge in [0, 0.05) is 17.0 Å². The number of aryl methyl sites for hydroxylation is 1. The average molecular weight is 397 g/mol. The van der Waals surface area contributed by atoms with Gasteiger partial charge in [0.25, 0.3) is 0 Å². The molecule has 4 rings (SSSR count). The summed E-state index contributed by atoms with van der Waals surface area (Å²) < 4.78 is 10.8. The highest BCUT2D eigenvalue weighted by Crippen LogP contribution is 2.23. The summed E-state index contributed by atoms with van der Waals surface area (Å²) in [7, 11) is 0. The van der Waals surface area contributed by atoms with E-state index in [1.54, 1.807) is 12.1 Å². The van der Waals surface area contributed by atoms with E-state index in [-0.39, 0.29) is 18.9 Å². The number of aromatic nitrogens is 3. The highest BCUT2D eigenvalue weighted by molar-refractivity contribution is 6.30. The lowest BCUT2D eigenvalue weighted by Crippen LogP contribution is -2.24. The van der Waals surface area contributed by atoms with Gasteiger partial charge in [-0.1, -0.05) is 35.8 Å². The number of carbonyl (C=O) groups excluding carboxylic acids is 1. The molecule has 142 valence electrons. The van der Waals surface area contributed by atoms with Crippen molar-refractivity contribution in [3.63, 3.8) is 0 Å². The molecular formula is C20H17ClN4O3. The van der Waals surface area contributed by atoms with Gasteiger partial charge in [-0.15, -0.1) is 0 Å². The number of oxazole rings is 1. The summed E-state index contributed by atoms with van der Waals surface area (Å²) in [4.78, 5) is 20.8. The van der Waals surface area contributed by atoms with Crippen LogP contribution in [0, 0.1) is 0 Å². The maximum absolute atomic E-state index is 12.1. The molecule has 4 aromatic rings. The molecule has 0 aliphatic heterocycles. The Kier molecular flexibility index (Phi) is 5.08. The standard InChI is InChI=1S/C20H17ClN4O3/c1-2-18-23-15-10-13(5-8-16(15)27-18)20-24-19(28-25-20)11-22-17(26)9-12-3-6-14(21)7-4-12/h3-8,10H,2,9,11H2,1H3,(H,22,26). The van der Waals surface area contributed by atoms with Gasteiger partial charge >= 0.3 is 0 Å². The average Bonchev–Trinajstić information content (AvgIpc) is 3.34. The smallest absolute Gasteiger partial charge is 0.246 e. The zero-order chi connectivity index (χ0) is 19.5. The summed E-state index contributed by atoms with van der Waals surface area (Å²) in [5.74, 6) is 1.31. The van der Waals surface area contributed by atoms with E-state index in [9.17, 15) is 4.79 Å². The Morgan fingerprint density at radius 2 is 1.93 bits per heavy atom. The maximum Gasteiger partial charge on any atom is 0.246 e. The number of hydrogen-bond donors (Lipinski definition) is 1. The van der Waals surface area contributed by atoms with Gasteiger partial charge in [0.05, 0.1) is 13.0 Å². The third-order valence-electron chi connectivity index (χ3n) is 4.18. The van der Waals surface area contributed by atoms with E-state index < -0.39 is 0 Å². The van der Waals surface area contributed by atoms with Gasteiger partial charge in [-0.2, -0.15) is 4.98 Å². The topological polar surface area (TPSA) is 94.1 Å². The number of fused-ring (bicyclic) bond motifs is 1. The van der Waals surface area contributed by atoms with Crippen molar-refractivity contribution < 1.29 is 13.7 Å². The lowest BCUT2D eigenvalue weighted by Gasteiger charge is -2.02. The highest BCUT2D eigenvalue weighted by Gasteiger charge is 2.12. The van der Waals surface area contributed by atoms with Crippen molar-refractivity contribution in [1.82, 2.24) is 20.4 Å². The van der Waals surface area contributed by atoms with E-state index in [4.69, 9.17) is 20.5 Å². The molecule has 0 fully saturated rings. The number of nitrogens with zero attached hydrogens (tertiary/aromatic N) is 3. The number of amides is 1. The van der Waals surface area contributed by atoms with Crippen LogP contribution in [-0.2, 0) is 24.2 Å². The second-order valence-electron chi connectivity index (χ2n) is 6.24. The summed E-state index contributed by atoms with van der Waals surface area (Å²) in [6.07, 6.45) is 0.979. The van der Waals surface area contributed by atoms with Crippen LogP contribution < -0.4 is 5.32 Å². The summed E-state index contributed by atoms with van der Waals surface area (Å²) in [6.45, 7) is 2.14.